The van der Waals surface area contributed by atoms with E-state index in [0.717, 1.165) is 0 Å². The van der Waals surface area contributed by atoms with Crippen LogP contribution in [0, 0.1) is 6.92 Å². The molecule has 0 aliphatic rings. The molecule has 1 aromatic carbocycles. The van der Waals surface area contributed by atoms with Crippen LogP contribution in [0.1, 0.15) is 33.7 Å². The summed E-state index contributed by atoms with van der Waals surface area (Å²) >= 11 is 0. The number of carbonyl (C=O) groups excluding carboxylic acids is 2. The van der Waals surface area contributed by atoms with Crippen LogP contribution < -0.4 is 5.32 Å². The van der Waals surface area contributed by atoms with Crippen LogP contribution in [0.25, 0.3) is 11.0 Å². The van der Waals surface area contributed by atoms with Crippen molar-refractivity contribution < 1.29 is 23.3 Å². The zero-order valence-corrected chi connectivity index (χ0v) is 12.6. The van der Waals surface area contributed by atoms with Gasteiger partial charge >= 0.3 is 5.97 Å². The summed E-state index contributed by atoms with van der Waals surface area (Å²) in [4.78, 5) is 24.3. The van der Waals surface area contributed by atoms with Gasteiger partial charge in [-0.15, -0.1) is 0 Å². The van der Waals surface area contributed by atoms with E-state index in [-0.39, 0.29) is 23.7 Å². The van der Waals surface area contributed by atoms with Gasteiger partial charge in [0.2, 0.25) is 5.76 Å². The number of para-hydroxylation sites is 1. The number of ether oxygens (including phenoxy) is 1. The van der Waals surface area contributed by atoms with Gasteiger partial charge in [-0.3, -0.25) is 4.79 Å². The van der Waals surface area contributed by atoms with Crippen LogP contribution in [0.2, 0.25) is 0 Å². The van der Waals surface area contributed by atoms with E-state index in [2.05, 4.69) is 10.5 Å². The summed E-state index contributed by atoms with van der Waals surface area (Å²) in [7, 11) is 0. The molecule has 0 spiro atoms. The van der Waals surface area contributed by atoms with Crippen LogP contribution in [0.3, 0.4) is 0 Å². The highest BCUT2D eigenvalue weighted by Crippen LogP contribution is 2.31. The zero-order chi connectivity index (χ0) is 16.4. The number of esters is 1. The van der Waals surface area contributed by atoms with Crippen molar-refractivity contribution in [3.05, 3.63) is 47.5 Å². The number of hydrogen-bond acceptors (Lipinski definition) is 6. The molecule has 0 bridgehead atoms. The smallest absolute Gasteiger partial charge is 0.376 e. The largest absolute Gasteiger partial charge is 0.460 e. The first-order valence-corrected chi connectivity index (χ1v) is 7.03. The van der Waals surface area contributed by atoms with Crippen molar-refractivity contribution in [3.8, 4) is 0 Å². The van der Waals surface area contributed by atoms with Crippen LogP contribution >= 0.6 is 0 Å². The number of furan rings is 1. The van der Waals surface area contributed by atoms with E-state index in [1.807, 2.05) is 0 Å². The molecule has 2 heterocycles. The Morgan fingerprint density at radius 2 is 2.09 bits per heavy atom. The topological polar surface area (TPSA) is 94.6 Å². The van der Waals surface area contributed by atoms with Crippen molar-refractivity contribution in [1.29, 1.82) is 0 Å². The summed E-state index contributed by atoms with van der Waals surface area (Å²) in [6.07, 6.45) is 0. The molecule has 0 saturated heterocycles. The number of rotatable bonds is 4. The SMILES string of the molecule is CCOC(=O)c1oc2ccccc2c1NC(=O)c1cc(C)on1. The predicted molar refractivity (Wildman–Crippen MR) is 81.4 cm³/mol. The molecule has 0 aliphatic heterocycles. The van der Waals surface area contributed by atoms with Crippen molar-refractivity contribution in [2.24, 2.45) is 0 Å². The minimum atomic E-state index is -0.643. The van der Waals surface area contributed by atoms with E-state index in [1.54, 1.807) is 38.1 Å². The number of hydrogen-bond donors (Lipinski definition) is 1. The van der Waals surface area contributed by atoms with Crippen LogP contribution in [0.4, 0.5) is 5.69 Å². The quantitative estimate of drug-likeness (QED) is 0.743. The lowest BCUT2D eigenvalue weighted by molar-refractivity contribution is 0.0494. The maximum absolute atomic E-state index is 12.3. The number of benzene rings is 1. The number of nitrogens with zero attached hydrogens (tertiary/aromatic N) is 1. The summed E-state index contributed by atoms with van der Waals surface area (Å²) in [6.45, 7) is 3.57. The standard InChI is InChI=1S/C16H14N2O5/c1-3-21-16(20)14-13(10-6-4-5-7-12(10)22-14)17-15(19)11-8-9(2)23-18-11/h4-8H,3H2,1-2H3,(H,17,19). The molecule has 1 amide bonds. The number of anilines is 1. The molecular weight excluding hydrogens is 300 g/mol. The Labute approximate surface area is 131 Å². The van der Waals surface area contributed by atoms with Gasteiger partial charge in [-0.1, -0.05) is 17.3 Å². The van der Waals surface area contributed by atoms with Crippen molar-refractivity contribution in [3.63, 3.8) is 0 Å². The molecular formula is C16H14N2O5. The highest BCUT2D eigenvalue weighted by atomic mass is 16.5. The van der Waals surface area contributed by atoms with Crippen molar-refractivity contribution in [1.82, 2.24) is 5.16 Å². The number of fused-ring (bicyclic) bond motifs is 1. The van der Waals surface area contributed by atoms with Gasteiger partial charge in [-0.05, 0) is 26.0 Å². The summed E-state index contributed by atoms with van der Waals surface area (Å²) in [5.41, 5.74) is 0.842. The van der Waals surface area contributed by atoms with Gasteiger partial charge in [0.1, 0.15) is 17.0 Å². The number of amides is 1. The Kier molecular flexibility index (Phi) is 3.84. The van der Waals surface area contributed by atoms with Gasteiger partial charge in [-0.25, -0.2) is 4.79 Å². The van der Waals surface area contributed by atoms with Crippen LogP contribution in [-0.4, -0.2) is 23.6 Å². The summed E-state index contributed by atoms with van der Waals surface area (Å²) in [6, 6.07) is 8.50. The highest BCUT2D eigenvalue weighted by molar-refractivity contribution is 6.12. The van der Waals surface area contributed by atoms with Crippen molar-refractivity contribution >= 4 is 28.5 Å². The molecule has 7 heteroatoms. The first-order chi connectivity index (χ1) is 11.1. The number of aryl methyl sites for hydroxylation is 1. The first-order valence-electron chi connectivity index (χ1n) is 7.03. The third-order valence-corrected chi connectivity index (χ3v) is 3.16. The molecule has 0 fully saturated rings. The molecule has 2 aromatic heterocycles. The van der Waals surface area contributed by atoms with Gasteiger partial charge in [0, 0.05) is 11.5 Å². The fourth-order valence-electron chi connectivity index (χ4n) is 2.16. The first kappa shape index (κ1) is 14.8. The fourth-order valence-corrected chi connectivity index (χ4v) is 2.16. The van der Waals surface area contributed by atoms with E-state index in [9.17, 15) is 9.59 Å². The number of nitrogens with one attached hydrogen (secondary N) is 1. The summed E-state index contributed by atoms with van der Waals surface area (Å²) in [5.74, 6) is -0.686. The monoisotopic (exact) mass is 314 g/mol. The molecule has 1 N–H and O–H groups in total. The lowest BCUT2D eigenvalue weighted by Gasteiger charge is -2.04. The molecule has 7 nitrogen and oxygen atoms in total. The number of aromatic nitrogens is 1. The Balaban J connectivity index is 2.02. The fraction of sp³-hybridized carbons (Fsp3) is 0.188. The van der Waals surface area contributed by atoms with Gasteiger partial charge in [0.05, 0.1) is 6.61 Å². The predicted octanol–water partition coefficient (Wildman–Crippen LogP) is 3.16. The second-order valence-electron chi connectivity index (χ2n) is 4.80. The molecule has 0 unspecified atom stereocenters. The van der Waals surface area contributed by atoms with Crippen LogP contribution in [-0.2, 0) is 4.74 Å². The van der Waals surface area contributed by atoms with Crippen molar-refractivity contribution in [2.75, 3.05) is 11.9 Å². The Hall–Kier alpha value is -3.09. The maximum Gasteiger partial charge on any atom is 0.376 e. The number of carbonyl (C=O) groups is 2. The molecule has 0 saturated carbocycles. The minimum absolute atomic E-state index is 0.0541. The van der Waals surface area contributed by atoms with E-state index in [4.69, 9.17) is 13.7 Å². The van der Waals surface area contributed by atoms with Gasteiger partial charge in [-0.2, -0.15) is 0 Å². The zero-order valence-electron chi connectivity index (χ0n) is 12.6. The van der Waals surface area contributed by atoms with Gasteiger partial charge in [0.25, 0.3) is 5.91 Å². The third kappa shape index (κ3) is 2.80. The average Bonchev–Trinajstić information content (AvgIpc) is 3.12. The van der Waals surface area contributed by atoms with E-state index < -0.39 is 11.9 Å². The van der Waals surface area contributed by atoms with E-state index >= 15 is 0 Å². The van der Waals surface area contributed by atoms with Gasteiger partial charge in [0.15, 0.2) is 5.69 Å². The summed E-state index contributed by atoms with van der Waals surface area (Å²) in [5, 5.41) is 6.90. The van der Waals surface area contributed by atoms with Crippen molar-refractivity contribution in [2.45, 2.75) is 13.8 Å². The van der Waals surface area contributed by atoms with E-state index in [0.29, 0.717) is 16.7 Å². The molecule has 3 aromatic rings. The van der Waals surface area contributed by atoms with E-state index in [1.165, 1.54) is 6.07 Å². The van der Waals surface area contributed by atoms with Gasteiger partial charge < -0.3 is 19.0 Å². The Bertz CT molecular complexity index is 878. The lowest BCUT2D eigenvalue weighted by atomic mass is 10.2. The molecule has 0 radical (unpaired) electrons. The Morgan fingerprint density at radius 3 is 2.78 bits per heavy atom. The van der Waals surface area contributed by atoms with Crippen LogP contribution in [0.5, 0.6) is 0 Å². The normalized spacial score (nSPS) is 10.7. The summed E-state index contributed by atoms with van der Waals surface area (Å²) < 4.78 is 15.4. The molecule has 0 atom stereocenters. The molecule has 118 valence electrons. The maximum atomic E-state index is 12.3. The molecule has 3 rings (SSSR count). The highest BCUT2D eigenvalue weighted by Gasteiger charge is 2.24. The second kappa shape index (κ2) is 5.96. The Morgan fingerprint density at radius 1 is 1.30 bits per heavy atom. The lowest BCUT2D eigenvalue weighted by Crippen LogP contribution is -2.15. The average molecular weight is 314 g/mol. The molecule has 23 heavy (non-hydrogen) atoms. The minimum Gasteiger partial charge on any atom is -0.460 e. The second-order valence-corrected chi connectivity index (χ2v) is 4.80. The van der Waals surface area contributed by atoms with Crippen LogP contribution in [0.15, 0.2) is 39.3 Å². The third-order valence-electron chi connectivity index (χ3n) is 3.16. The molecule has 0 aliphatic carbocycles.